The van der Waals surface area contributed by atoms with Crippen LogP contribution in [0.5, 0.6) is 0 Å². The van der Waals surface area contributed by atoms with Crippen LogP contribution in [-0.4, -0.2) is 17.0 Å². The maximum absolute atomic E-state index is 12.0. The molecule has 1 aromatic carbocycles. The van der Waals surface area contributed by atoms with Crippen molar-refractivity contribution in [3.05, 3.63) is 51.9 Å². The van der Waals surface area contributed by atoms with Crippen LogP contribution in [0.3, 0.4) is 0 Å². The maximum atomic E-state index is 12.0. The molecule has 0 saturated heterocycles. The van der Waals surface area contributed by atoms with E-state index >= 15 is 0 Å². The Morgan fingerprint density at radius 1 is 1.20 bits per heavy atom. The fourth-order valence-corrected chi connectivity index (χ4v) is 2.63. The molecule has 0 aliphatic carbocycles. The molecule has 2 aromatic rings. The Labute approximate surface area is 121 Å². The van der Waals surface area contributed by atoms with E-state index in [1.54, 1.807) is 6.07 Å². The summed E-state index contributed by atoms with van der Waals surface area (Å²) < 4.78 is 0. The molecule has 1 aromatic heterocycles. The first-order valence-corrected chi connectivity index (χ1v) is 6.96. The van der Waals surface area contributed by atoms with E-state index in [0.717, 1.165) is 28.0 Å². The highest BCUT2D eigenvalue weighted by molar-refractivity contribution is 7.18. The van der Waals surface area contributed by atoms with Gasteiger partial charge in [0, 0.05) is 0 Å². The molecule has 1 amide bonds. The molecule has 4 nitrogen and oxygen atoms in total. The third kappa shape index (κ3) is 3.45. The van der Waals surface area contributed by atoms with Crippen LogP contribution in [0.4, 0.5) is 5.00 Å². The Morgan fingerprint density at radius 3 is 2.60 bits per heavy atom. The summed E-state index contributed by atoms with van der Waals surface area (Å²) in [5.74, 6) is -1.12. The normalized spacial score (nSPS) is 10.3. The van der Waals surface area contributed by atoms with E-state index in [2.05, 4.69) is 5.32 Å². The monoisotopic (exact) mass is 289 g/mol. The van der Waals surface area contributed by atoms with Crippen LogP contribution in [-0.2, 0) is 11.2 Å². The zero-order valence-corrected chi connectivity index (χ0v) is 12.1. The molecule has 2 rings (SSSR count). The lowest BCUT2D eigenvalue weighted by molar-refractivity contribution is -0.115. The van der Waals surface area contributed by atoms with Crippen molar-refractivity contribution in [3.8, 4) is 0 Å². The molecular weight excluding hydrogens is 274 g/mol. The molecule has 0 atom stereocenters. The van der Waals surface area contributed by atoms with E-state index in [1.165, 1.54) is 6.07 Å². The third-order valence-corrected chi connectivity index (χ3v) is 3.92. The Balaban J connectivity index is 2.05. The molecule has 2 N–H and O–H groups in total. The van der Waals surface area contributed by atoms with E-state index in [9.17, 15) is 9.59 Å². The second kappa shape index (κ2) is 5.88. The van der Waals surface area contributed by atoms with E-state index in [4.69, 9.17) is 5.11 Å². The smallest absolute Gasteiger partial charge is 0.345 e. The van der Waals surface area contributed by atoms with Crippen molar-refractivity contribution in [2.45, 2.75) is 20.3 Å². The molecule has 0 unspecified atom stereocenters. The van der Waals surface area contributed by atoms with Crippen molar-refractivity contribution in [3.63, 3.8) is 0 Å². The summed E-state index contributed by atoms with van der Waals surface area (Å²) in [7, 11) is 0. The number of nitrogens with one attached hydrogen (secondary N) is 1. The van der Waals surface area contributed by atoms with Crippen molar-refractivity contribution < 1.29 is 14.7 Å². The third-order valence-electron chi connectivity index (χ3n) is 2.94. The number of anilines is 1. The number of rotatable bonds is 4. The van der Waals surface area contributed by atoms with Gasteiger partial charge < -0.3 is 10.4 Å². The summed E-state index contributed by atoms with van der Waals surface area (Å²) in [4.78, 5) is 23.0. The largest absolute Gasteiger partial charge is 0.477 e. The van der Waals surface area contributed by atoms with Gasteiger partial charge in [-0.2, -0.15) is 0 Å². The van der Waals surface area contributed by atoms with Gasteiger partial charge in [0.15, 0.2) is 0 Å². The fraction of sp³-hybridized carbons (Fsp3) is 0.200. The van der Waals surface area contributed by atoms with Crippen molar-refractivity contribution in [2.75, 3.05) is 5.32 Å². The molecule has 0 saturated carbocycles. The van der Waals surface area contributed by atoms with Gasteiger partial charge in [-0.3, -0.25) is 4.79 Å². The first kappa shape index (κ1) is 14.3. The minimum atomic E-state index is -0.981. The summed E-state index contributed by atoms with van der Waals surface area (Å²) in [5, 5.41) is 12.1. The lowest BCUT2D eigenvalue weighted by Crippen LogP contribution is -2.14. The quantitative estimate of drug-likeness (QED) is 0.908. The van der Waals surface area contributed by atoms with Crippen molar-refractivity contribution in [2.24, 2.45) is 0 Å². The number of hydrogen-bond donors (Lipinski definition) is 2. The topological polar surface area (TPSA) is 66.4 Å². The van der Waals surface area contributed by atoms with Gasteiger partial charge >= 0.3 is 5.97 Å². The summed E-state index contributed by atoms with van der Waals surface area (Å²) in [6, 6.07) is 9.09. The molecule has 0 aliphatic heterocycles. The molecular formula is C15H15NO3S. The molecule has 0 bridgehead atoms. The highest BCUT2D eigenvalue weighted by Crippen LogP contribution is 2.22. The number of carboxylic acid groups (broad SMARTS) is 1. The number of carboxylic acids is 1. The molecule has 5 heteroatoms. The summed E-state index contributed by atoms with van der Waals surface area (Å²) in [6.07, 6.45) is 0.286. The van der Waals surface area contributed by atoms with Crippen LogP contribution in [0.15, 0.2) is 30.3 Å². The zero-order valence-electron chi connectivity index (χ0n) is 11.3. The van der Waals surface area contributed by atoms with Gasteiger partial charge in [-0.05, 0) is 37.1 Å². The Bertz CT molecular complexity index is 661. The molecule has 0 fully saturated rings. The average molecular weight is 289 g/mol. The molecule has 0 spiro atoms. The highest BCUT2D eigenvalue weighted by atomic mass is 32.1. The van der Waals surface area contributed by atoms with E-state index in [0.29, 0.717) is 5.00 Å². The van der Waals surface area contributed by atoms with Crippen molar-refractivity contribution >= 4 is 28.2 Å². The van der Waals surface area contributed by atoms with Crippen LogP contribution in [0, 0.1) is 13.8 Å². The number of benzene rings is 1. The number of aryl methyl sites for hydroxylation is 2. The lowest BCUT2D eigenvalue weighted by atomic mass is 10.0. The minimum Gasteiger partial charge on any atom is -0.477 e. The maximum Gasteiger partial charge on any atom is 0.345 e. The van der Waals surface area contributed by atoms with Gasteiger partial charge in [-0.15, -0.1) is 11.3 Å². The average Bonchev–Trinajstić information content (AvgIpc) is 2.82. The standard InChI is InChI=1S/C15H15NO3S/c1-9-3-4-10(2)11(7-9)8-13(17)16-14-6-5-12(20-14)15(18)19/h3-7H,8H2,1-2H3,(H,16,17)(H,18,19). The van der Waals surface area contributed by atoms with E-state index in [1.807, 2.05) is 32.0 Å². The number of carbonyl (C=O) groups excluding carboxylic acids is 1. The molecule has 0 aliphatic rings. The first-order valence-electron chi connectivity index (χ1n) is 6.15. The molecule has 0 radical (unpaired) electrons. The van der Waals surface area contributed by atoms with Crippen molar-refractivity contribution in [1.82, 2.24) is 0 Å². The molecule has 20 heavy (non-hydrogen) atoms. The SMILES string of the molecule is Cc1ccc(C)c(CC(=O)Nc2ccc(C(=O)O)s2)c1. The Morgan fingerprint density at radius 2 is 1.95 bits per heavy atom. The highest BCUT2D eigenvalue weighted by Gasteiger charge is 2.10. The van der Waals surface area contributed by atoms with Gasteiger partial charge in [0.2, 0.25) is 5.91 Å². The zero-order chi connectivity index (χ0) is 14.7. The fourth-order valence-electron chi connectivity index (χ4n) is 1.87. The van der Waals surface area contributed by atoms with Crippen LogP contribution in [0.2, 0.25) is 0 Å². The van der Waals surface area contributed by atoms with Gasteiger partial charge in [0.1, 0.15) is 4.88 Å². The number of amides is 1. The van der Waals surface area contributed by atoms with Gasteiger partial charge in [0.05, 0.1) is 11.4 Å². The Hall–Kier alpha value is -2.14. The lowest BCUT2D eigenvalue weighted by Gasteiger charge is -2.07. The second-order valence-electron chi connectivity index (χ2n) is 4.62. The molecule has 1 heterocycles. The predicted molar refractivity (Wildman–Crippen MR) is 79.5 cm³/mol. The van der Waals surface area contributed by atoms with Crippen LogP contribution >= 0.6 is 11.3 Å². The van der Waals surface area contributed by atoms with Crippen LogP contribution in [0.25, 0.3) is 0 Å². The van der Waals surface area contributed by atoms with E-state index in [-0.39, 0.29) is 17.2 Å². The van der Waals surface area contributed by atoms with Crippen molar-refractivity contribution in [1.29, 1.82) is 0 Å². The number of hydrogen-bond acceptors (Lipinski definition) is 3. The number of thiophene rings is 1. The summed E-state index contributed by atoms with van der Waals surface area (Å²) in [5.41, 5.74) is 3.17. The van der Waals surface area contributed by atoms with Gasteiger partial charge in [-0.25, -0.2) is 4.79 Å². The minimum absolute atomic E-state index is 0.141. The second-order valence-corrected chi connectivity index (χ2v) is 5.71. The first-order chi connectivity index (χ1) is 9.45. The summed E-state index contributed by atoms with van der Waals surface area (Å²) in [6.45, 7) is 3.95. The summed E-state index contributed by atoms with van der Waals surface area (Å²) >= 11 is 1.06. The van der Waals surface area contributed by atoms with Crippen LogP contribution in [0.1, 0.15) is 26.4 Å². The molecule has 104 valence electrons. The van der Waals surface area contributed by atoms with Crippen LogP contribution < -0.4 is 5.32 Å². The number of carbonyl (C=O) groups is 2. The van der Waals surface area contributed by atoms with Gasteiger partial charge in [-0.1, -0.05) is 23.8 Å². The van der Waals surface area contributed by atoms with E-state index < -0.39 is 5.97 Å². The Kier molecular flexibility index (Phi) is 4.20. The number of aromatic carboxylic acids is 1. The van der Waals surface area contributed by atoms with Gasteiger partial charge in [0.25, 0.3) is 0 Å². The predicted octanol–water partition coefficient (Wildman–Crippen LogP) is 3.24.